The summed E-state index contributed by atoms with van der Waals surface area (Å²) in [6, 6.07) is 0. The van der Waals surface area contributed by atoms with Crippen molar-refractivity contribution in [3.05, 3.63) is 24.3 Å². The fourth-order valence-corrected chi connectivity index (χ4v) is 3.01. The van der Waals surface area contributed by atoms with Crippen LogP contribution in [0, 0.1) is 0 Å². The summed E-state index contributed by atoms with van der Waals surface area (Å²) in [5.41, 5.74) is 0. The molecular weight excluding hydrogens is 336 g/mol. The van der Waals surface area contributed by atoms with Crippen LogP contribution in [0.25, 0.3) is 0 Å². The van der Waals surface area contributed by atoms with Gasteiger partial charge in [0, 0.05) is 12.8 Å². The molecule has 0 aromatic carbocycles. The summed E-state index contributed by atoms with van der Waals surface area (Å²) in [6.45, 7) is 2.16. The lowest BCUT2D eigenvalue weighted by Crippen LogP contribution is -2.25. The third-order valence-electron chi connectivity index (χ3n) is 4.56. The first-order valence-electron chi connectivity index (χ1n) is 9.68. The number of carbonyl (C=O) groups is 1. The van der Waals surface area contributed by atoms with Crippen LogP contribution >= 0.6 is 0 Å². The van der Waals surface area contributed by atoms with Gasteiger partial charge in [0.05, 0.1) is 30.5 Å². The van der Waals surface area contributed by atoms with Crippen molar-refractivity contribution in [1.29, 1.82) is 0 Å². The molecule has 26 heavy (non-hydrogen) atoms. The van der Waals surface area contributed by atoms with Crippen molar-refractivity contribution in [3.63, 3.8) is 0 Å². The molecule has 1 heterocycles. The molecule has 1 fully saturated rings. The first-order chi connectivity index (χ1) is 12.4. The molecular formula is C20H34O6. The van der Waals surface area contributed by atoms with Gasteiger partial charge in [-0.25, -0.2) is 0 Å². The van der Waals surface area contributed by atoms with Gasteiger partial charge in [-0.05, 0) is 32.1 Å². The molecule has 0 radical (unpaired) electrons. The van der Waals surface area contributed by atoms with Crippen LogP contribution in [-0.2, 0) is 9.53 Å². The fourth-order valence-electron chi connectivity index (χ4n) is 3.01. The predicted molar refractivity (Wildman–Crippen MR) is 99.8 cm³/mol. The van der Waals surface area contributed by atoms with Gasteiger partial charge >= 0.3 is 5.97 Å². The van der Waals surface area contributed by atoms with Gasteiger partial charge in [-0.3, -0.25) is 4.79 Å². The summed E-state index contributed by atoms with van der Waals surface area (Å²) in [5.74, 6) is -0.870. The number of hydrogen-bond donors (Lipinski definition) is 4. The zero-order valence-corrected chi connectivity index (χ0v) is 15.7. The SMILES string of the molecule is CCCCC/C=C\C[C@@H](O)/C=C\[C@H](O)[C@H]1C[C@H](O)[C@H](CCCC(=O)O)O1. The lowest BCUT2D eigenvalue weighted by molar-refractivity contribution is -0.137. The van der Waals surface area contributed by atoms with Crippen molar-refractivity contribution in [3.8, 4) is 0 Å². The van der Waals surface area contributed by atoms with Crippen LogP contribution in [0.1, 0.15) is 64.7 Å². The normalized spacial score (nSPS) is 25.9. The fraction of sp³-hybridized carbons (Fsp3) is 0.750. The van der Waals surface area contributed by atoms with E-state index >= 15 is 0 Å². The maximum atomic E-state index is 10.5. The van der Waals surface area contributed by atoms with Crippen LogP contribution in [0.3, 0.4) is 0 Å². The molecule has 1 aliphatic heterocycles. The summed E-state index contributed by atoms with van der Waals surface area (Å²) in [4.78, 5) is 10.5. The second-order valence-electron chi connectivity index (χ2n) is 6.95. The first-order valence-corrected chi connectivity index (χ1v) is 9.68. The molecule has 0 amide bonds. The highest BCUT2D eigenvalue weighted by atomic mass is 16.5. The van der Waals surface area contributed by atoms with Crippen LogP contribution in [0.4, 0.5) is 0 Å². The van der Waals surface area contributed by atoms with Crippen LogP contribution in [0.5, 0.6) is 0 Å². The number of hydrogen-bond acceptors (Lipinski definition) is 5. The molecule has 5 atom stereocenters. The standard InChI is InChI=1S/C20H34O6/c1-2-3-4-5-6-7-9-15(21)12-13-16(22)19-14-17(23)18(26-19)10-8-11-20(24)25/h6-7,12-13,15-19,21-23H,2-5,8-11,14H2,1H3,(H,24,25)/b7-6-,13-12-/t15-,16+,17+,18+,19-/m1/s1. The van der Waals surface area contributed by atoms with E-state index in [1.54, 1.807) is 6.08 Å². The van der Waals surface area contributed by atoms with Gasteiger partial charge in [-0.2, -0.15) is 0 Å². The van der Waals surface area contributed by atoms with E-state index in [0.717, 1.165) is 12.8 Å². The highest BCUT2D eigenvalue weighted by molar-refractivity contribution is 5.66. The average molecular weight is 370 g/mol. The van der Waals surface area contributed by atoms with Crippen molar-refractivity contribution in [2.24, 2.45) is 0 Å². The number of ether oxygens (including phenoxy) is 1. The number of aliphatic hydroxyl groups excluding tert-OH is 3. The Morgan fingerprint density at radius 2 is 1.96 bits per heavy atom. The van der Waals surface area contributed by atoms with E-state index in [4.69, 9.17) is 9.84 Å². The highest BCUT2D eigenvalue weighted by Crippen LogP contribution is 2.27. The number of aliphatic carboxylic acids is 1. The molecule has 0 bridgehead atoms. The lowest BCUT2D eigenvalue weighted by atomic mass is 10.0. The Labute approximate surface area is 156 Å². The van der Waals surface area contributed by atoms with E-state index in [-0.39, 0.29) is 6.42 Å². The topological polar surface area (TPSA) is 107 Å². The van der Waals surface area contributed by atoms with Crippen molar-refractivity contribution >= 4 is 5.97 Å². The predicted octanol–water partition coefficient (Wildman–Crippen LogP) is 2.56. The largest absolute Gasteiger partial charge is 0.481 e. The van der Waals surface area contributed by atoms with Gasteiger partial charge in [0.1, 0.15) is 0 Å². The van der Waals surface area contributed by atoms with Crippen molar-refractivity contribution in [1.82, 2.24) is 0 Å². The smallest absolute Gasteiger partial charge is 0.303 e. The Balaban J connectivity index is 2.29. The van der Waals surface area contributed by atoms with Crippen LogP contribution in [0.2, 0.25) is 0 Å². The molecule has 6 nitrogen and oxygen atoms in total. The van der Waals surface area contributed by atoms with Crippen LogP contribution in [-0.4, -0.2) is 56.9 Å². The second kappa shape index (κ2) is 13.0. The Bertz CT molecular complexity index is 448. The quantitative estimate of drug-likeness (QED) is 0.293. The third-order valence-corrected chi connectivity index (χ3v) is 4.56. The van der Waals surface area contributed by atoms with Gasteiger partial charge in [-0.15, -0.1) is 0 Å². The summed E-state index contributed by atoms with van der Waals surface area (Å²) in [6.07, 6.45) is 10.1. The molecule has 1 rings (SSSR count). The minimum atomic E-state index is -0.905. The van der Waals surface area contributed by atoms with Crippen molar-refractivity contribution < 1.29 is 30.0 Å². The summed E-state index contributed by atoms with van der Waals surface area (Å²) >= 11 is 0. The Hall–Kier alpha value is -1.21. The van der Waals surface area contributed by atoms with E-state index in [1.807, 2.05) is 6.08 Å². The maximum absolute atomic E-state index is 10.5. The molecule has 150 valence electrons. The molecule has 0 aliphatic carbocycles. The molecule has 1 aliphatic rings. The van der Waals surface area contributed by atoms with E-state index < -0.39 is 36.5 Å². The van der Waals surface area contributed by atoms with Gasteiger partial charge in [0.25, 0.3) is 0 Å². The molecule has 0 spiro atoms. The minimum Gasteiger partial charge on any atom is -0.481 e. The Kier molecular flexibility index (Phi) is 11.4. The number of allylic oxidation sites excluding steroid dienone is 1. The van der Waals surface area contributed by atoms with Crippen LogP contribution in [0.15, 0.2) is 24.3 Å². The third kappa shape index (κ3) is 9.48. The van der Waals surface area contributed by atoms with E-state index in [9.17, 15) is 20.1 Å². The summed E-state index contributed by atoms with van der Waals surface area (Å²) in [7, 11) is 0. The van der Waals surface area contributed by atoms with E-state index in [1.165, 1.54) is 18.9 Å². The molecule has 1 saturated heterocycles. The number of carboxylic acids is 1. The van der Waals surface area contributed by atoms with Gasteiger partial charge < -0.3 is 25.2 Å². The molecule has 0 aromatic heterocycles. The average Bonchev–Trinajstić information content (AvgIpc) is 2.96. The second-order valence-corrected chi connectivity index (χ2v) is 6.95. The molecule has 6 heteroatoms. The molecule has 0 aromatic rings. The number of unbranched alkanes of at least 4 members (excludes halogenated alkanes) is 3. The maximum Gasteiger partial charge on any atom is 0.303 e. The van der Waals surface area contributed by atoms with Gasteiger partial charge in [-0.1, -0.05) is 44.1 Å². The van der Waals surface area contributed by atoms with Crippen molar-refractivity contribution in [2.45, 2.75) is 95.2 Å². The Morgan fingerprint density at radius 1 is 1.19 bits per heavy atom. The minimum absolute atomic E-state index is 0.0395. The number of aliphatic hydroxyl groups is 3. The monoisotopic (exact) mass is 370 g/mol. The molecule has 4 N–H and O–H groups in total. The number of rotatable bonds is 13. The number of carboxylic acid groups (broad SMARTS) is 1. The van der Waals surface area contributed by atoms with E-state index in [0.29, 0.717) is 25.7 Å². The molecule has 0 saturated carbocycles. The molecule has 0 unspecified atom stereocenters. The lowest BCUT2D eigenvalue weighted by Gasteiger charge is -2.17. The van der Waals surface area contributed by atoms with Crippen molar-refractivity contribution in [2.75, 3.05) is 0 Å². The zero-order chi connectivity index (χ0) is 19.4. The van der Waals surface area contributed by atoms with E-state index in [2.05, 4.69) is 13.0 Å². The zero-order valence-electron chi connectivity index (χ0n) is 15.7. The highest BCUT2D eigenvalue weighted by Gasteiger charge is 2.36. The Morgan fingerprint density at radius 3 is 2.65 bits per heavy atom. The first kappa shape index (κ1) is 22.8. The summed E-state index contributed by atoms with van der Waals surface area (Å²) in [5, 5.41) is 38.7. The van der Waals surface area contributed by atoms with Gasteiger partial charge in [0.2, 0.25) is 0 Å². The summed E-state index contributed by atoms with van der Waals surface area (Å²) < 4.78 is 5.65. The van der Waals surface area contributed by atoms with Crippen LogP contribution < -0.4 is 0 Å². The van der Waals surface area contributed by atoms with Gasteiger partial charge in [0.15, 0.2) is 0 Å².